The lowest BCUT2D eigenvalue weighted by Crippen LogP contribution is -2.24. The van der Waals surface area contributed by atoms with E-state index >= 15 is 0 Å². The summed E-state index contributed by atoms with van der Waals surface area (Å²) in [7, 11) is 0. The summed E-state index contributed by atoms with van der Waals surface area (Å²) in [4.78, 5) is 0. The minimum absolute atomic E-state index is 0.302. The van der Waals surface area contributed by atoms with Crippen LogP contribution in [0.25, 0.3) is 0 Å². The zero-order valence-corrected chi connectivity index (χ0v) is 13.4. The van der Waals surface area contributed by atoms with Crippen molar-refractivity contribution in [3.8, 4) is 0 Å². The lowest BCUT2D eigenvalue weighted by atomic mass is 10.0. The van der Waals surface area contributed by atoms with Gasteiger partial charge in [0.2, 0.25) is 0 Å². The first-order valence-electron chi connectivity index (χ1n) is 7.03. The van der Waals surface area contributed by atoms with Gasteiger partial charge in [-0.05, 0) is 41.2 Å². The lowest BCUT2D eigenvalue weighted by molar-refractivity contribution is -0.137. The second-order valence-corrected chi connectivity index (χ2v) is 7.99. The zero-order valence-electron chi connectivity index (χ0n) is 11.8. The van der Waals surface area contributed by atoms with Gasteiger partial charge in [0.05, 0.1) is 5.56 Å². The molecule has 0 amide bonds. The Morgan fingerprint density at radius 2 is 1.32 bits per heavy atom. The number of alkyl halides is 3. The zero-order chi connectivity index (χ0) is 15.6. The van der Waals surface area contributed by atoms with Gasteiger partial charge in [0, 0.05) is 0 Å². The van der Waals surface area contributed by atoms with E-state index in [4.69, 9.17) is 0 Å². The first-order chi connectivity index (χ1) is 10.5. The van der Waals surface area contributed by atoms with Crippen molar-refractivity contribution in [2.75, 3.05) is 11.5 Å². The molecular weight excluding hydrogens is 325 g/mol. The van der Waals surface area contributed by atoms with Crippen LogP contribution in [-0.4, -0.2) is 11.5 Å². The van der Waals surface area contributed by atoms with E-state index in [1.807, 2.05) is 41.7 Å². The molecule has 0 aliphatic carbocycles. The van der Waals surface area contributed by atoms with Gasteiger partial charge in [0.25, 0.3) is 0 Å². The summed E-state index contributed by atoms with van der Waals surface area (Å²) in [6.45, 7) is 0. The Morgan fingerprint density at radius 1 is 0.773 bits per heavy atom. The van der Waals surface area contributed by atoms with Crippen LogP contribution in [0, 0.1) is 0 Å². The number of rotatable bonds is 2. The normalized spacial score (nSPS) is 18.1. The van der Waals surface area contributed by atoms with Crippen molar-refractivity contribution >= 4 is 23.5 Å². The molecule has 1 fully saturated rings. The van der Waals surface area contributed by atoms with Crippen LogP contribution in [-0.2, 0) is 10.3 Å². The Labute approximate surface area is 136 Å². The van der Waals surface area contributed by atoms with Crippen molar-refractivity contribution < 1.29 is 13.2 Å². The molecule has 0 aromatic heterocycles. The molecule has 0 unspecified atom stereocenters. The van der Waals surface area contributed by atoms with E-state index in [-0.39, 0.29) is 4.08 Å². The van der Waals surface area contributed by atoms with Gasteiger partial charge in [-0.1, -0.05) is 42.5 Å². The lowest BCUT2D eigenvalue weighted by Gasteiger charge is -2.37. The second kappa shape index (κ2) is 6.20. The summed E-state index contributed by atoms with van der Waals surface area (Å²) in [6, 6.07) is 15.7. The van der Waals surface area contributed by atoms with E-state index in [1.165, 1.54) is 12.1 Å². The summed E-state index contributed by atoms with van der Waals surface area (Å²) in [5, 5.41) is 0. The summed E-state index contributed by atoms with van der Waals surface area (Å²) in [6.07, 6.45) is -3.16. The van der Waals surface area contributed by atoms with Crippen LogP contribution >= 0.6 is 23.5 Å². The average molecular weight is 340 g/mol. The van der Waals surface area contributed by atoms with Crippen LogP contribution in [0.4, 0.5) is 13.2 Å². The first-order valence-corrected chi connectivity index (χ1v) is 9.01. The van der Waals surface area contributed by atoms with E-state index in [2.05, 4.69) is 12.1 Å². The highest BCUT2D eigenvalue weighted by Crippen LogP contribution is 2.54. The maximum Gasteiger partial charge on any atom is 0.416 e. The van der Waals surface area contributed by atoms with Gasteiger partial charge < -0.3 is 0 Å². The van der Waals surface area contributed by atoms with Crippen LogP contribution < -0.4 is 0 Å². The number of thioether (sulfide) groups is 2. The third kappa shape index (κ3) is 3.01. The monoisotopic (exact) mass is 340 g/mol. The van der Waals surface area contributed by atoms with Crippen molar-refractivity contribution in [3.05, 3.63) is 71.3 Å². The van der Waals surface area contributed by atoms with E-state index < -0.39 is 11.7 Å². The fourth-order valence-electron chi connectivity index (χ4n) is 2.57. The minimum atomic E-state index is -4.29. The molecule has 1 aliphatic rings. The van der Waals surface area contributed by atoms with Crippen molar-refractivity contribution in [1.82, 2.24) is 0 Å². The molecule has 2 aromatic carbocycles. The molecule has 5 heteroatoms. The van der Waals surface area contributed by atoms with Crippen molar-refractivity contribution in [2.24, 2.45) is 0 Å². The predicted octanol–water partition coefficient (Wildman–Crippen LogP) is 5.78. The molecule has 22 heavy (non-hydrogen) atoms. The highest BCUT2D eigenvalue weighted by molar-refractivity contribution is 8.18. The van der Waals surface area contributed by atoms with Crippen molar-refractivity contribution in [1.29, 1.82) is 0 Å². The fourth-order valence-corrected chi connectivity index (χ4v) is 5.95. The largest absolute Gasteiger partial charge is 0.416 e. The van der Waals surface area contributed by atoms with E-state index in [1.54, 1.807) is 12.1 Å². The Balaban J connectivity index is 2.03. The summed E-state index contributed by atoms with van der Waals surface area (Å²) in [5.74, 6) is 2.03. The Hall–Kier alpha value is -1.07. The number of hydrogen-bond donors (Lipinski definition) is 0. The molecule has 0 N–H and O–H groups in total. The third-order valence-electron chi connectivity index (χ3n) is 3.65. The molecule has 116 valence electrons. The van der Waals surface area contributed by atoms with Crippen molar-refractivity contribution in [3.63, 3.8) is 0 Å². The quantitative estimate of drug-likeness (QED) is 0.680. The van der Waals surface area contributed by atoms with Crippen LogP contribution in [0.2, 0.25) is 0 Å². The van der Waals surface area contributed by atoms with Gasteiger partial charge in [-0.25, -0.2) is 0 Å². The highest BCUT2D eigenvalue weighted by atomic mass is 32.2. The highest BCUT2D eigenvalue weighted by Gasteiger charge is 2.38. The van der Waals surface area contributed by atoms with Gasteiger partial charge in [-0.3, -0.25) is 0 Å². The molecule has 1 saturated heterocycles. The van der Waals surface area contributed by atoms with Crippen LogP contribution in [0.15, 0.2) is 54.6 Å². The first kappa shape index (κ1) is 15.8. The molecule has 0 nitrogen and oxygen atoms in total. The molecule has 0 bridgehead atoms. The van der Waals surface area contributed by atoms with Crippen LogP contribution in [0.1, 0.15) is 23.1 Å². The molecule has 1 aliphatic heterocycles. The number of halogens is 3. The van der Waals surface area contributed by atoms with Crippen molar-refractivity contribution in [2.45, 2.75) is 16.7 Å². The van der Waals surface area contributed by atoms with E-state index in [0.29, 0.717) is 0 Å². The Kier molecular flexibility index (Phi) is 4.46. The van der Waals surface area contributed by atoms with Crippen LogP contribution in [0.5, 0.6) is 0 Å². The Bertz CT molecular complexity index is 615. The van der Waals surface area contributed by atoms with Gasteiger partial charge in [-0.2, -0.15) is 13.2 Å². The van der Waals surface area contributed by atoms with Crippen LogP contribution in [0.3, 0.4) is 0 Å². The van der Waals surface area contributed by atoms with Gasteiger partial charge in [-0.15, -0.1) is 23.5 Å². The summed E-state index contributed by atoms with van der Waals surface area (Å²) < 4.78 is 38.0. The third-order valence-corrected chi connectivity index (χ3v) is 7.09. The molecule has 3 rings (SSSR count). The van der Waals surface area contributed by atoms with Gasteiger partial charge >= 0.3 is 6.18 Å². The standard InChI is InChI=1S/C17H15F3S2/c18-17(19,20)15-9-7-14(8-10-15)16(21-11-4-12-22-16)13-5-2-1-3-6-13/h1-3,5-10H,4,11-12H2. The topological polar surface area (TPSA) is 0 Å². The molecular formula is C17H15F3S2. The molecule has 1 heterocycles. The molecule has 0 spiro atoms. The Morgan fingerprint density at radius 3 is 1.86 bits per heavy atom. The molecule has 0 saturated carbocycles. The fraction of sp³-hybridized carbons (Fsp3) is 0.294. The van der Waals surface area contributed by atoms with E-state index in [0.717, 1.165) is 29.1 Å². The van der Waals surface area contributed by atoms with Gasteiger partial charge in [0.15, 0.2) is 0 Å². The smallest absolute Gasteiger partial charge is 0.166 e. The number of benzene rings is 2. The molecule has 0 atom stereocenters. The maximum absolute atomic E-state index is 12.8. The minimum Gasteiger partial charge on any atom is -0.166 e. The SMILES string of the molecule is FC(F)(F)c1ccc(C2(c3ccccc3)SCCCS2)cc1. The number of hydrogen-bond acceptors (Lipinski definition) is 2. The summed E-state index contributed by atoms with van der Waals surface area (Å²) >= 11 is 3.62. The second-order valence-electron chi connectivity index (χ2n) is 5.11. The van der Waals surface area contributed by atoms with Gasteiger partial charge in [0.1, 0.15) is 4.08 Å². The average Bonchev–Trinajstić information content (AvgIpc) is 2.56. The predicted molar refractivity (Wildman–Crippen MR) is 88.2 cm³/mol. The molecule has 2 aromatic rings. The van der Waals surface area contributed by atoms with E-state index in [9.17, 15) is 13.2 Å². The summed E-state index contributed by atoms with van der Waals surface area (Å²) in [5.41, 5.74) is 1.48. The maximum atomic E-state index is 12.8. The molecule has 0 radical (unpaired) electrons.